The summed E-state index contributed by atoms with van der Waals surface area (Å²) in [5, 5.41) is 2.88. The summed E-state index contributed by atoms with van der Waals surface area (Å²) in [5.41, 5.74) is 1.81. The minimum Gasteiger partial charge on any atom is -0.497 e. The van der Waals surface area contributed by atoms with Crippen LogP contribution in [0.3, 0.4) is 0 Å². The van der Waals surface area contributed by atoms with Gasteiger partial charge in [0.25, 0.3) is 0 Å². The fourth-order valence-corrected chi connectivity index (χ4v) is 3.27. The van der Waals surface area contributed by atoms with E-state index in [0.717, 1.165) is 29.9 Å². The molecular weight excluding hydrogens is 354 g/mol. The average Bonchev–Trinajstić information content (AvgIpc) is 2.75. The number of hydrogen-bond donors (Lipinski definition) is 1. The highest BCUT2D eigenvalue weighted by molar-refractivity contribution is 5.54. The van der Waals surface area contributed by atoms with Gasteiger partial charge in [0.2, 0.25) is 6.41 Å². The van der Waals surface area contributed by atoms with Crippen molar-refractivity contribution in [3.63, 3.8) is 0 Å². The molecule has 5 nitrogen and oxygen atoms in total. The molecule has 152 valence electrons. The van der Waals surface area contributed by atoms with E-state index in [4.69, 9.17) is 14.2 Å². The van der Waals surface area contributed by atoms with Crippen LogP contribution in [-0.4, -0.2) is 27.2 Å². The highest BCUT2D eigenvalue weighted by Crippen LogP contribution is 2.33. The minimum absolute atomic E-state index is 0.323. The van der Waals surface area contributed by atoms with E-state index < -0.39 is 0 Å². The Morgan fingerprint density at radius 3 is 2.29 bits per heavy atom. The van der Waals surface area contributed by atoms with E-state index in [1.165, 1.54) is 12.8 Å². The van der Waals surface area contributed by atoms with Crippen molar-refractivity contribution in [2.45, 2.75) is 39.2 Å². The van der Waals surface area contributed by atoms with Crippen molar-refractivity contribution >= 4 is 6.41 Å². The molecule has 0 radical (unpaired) electrons. The summed E-state index contributed by atoms with van der Waals surface area (Å²) in [4.78, 5) is 11.2. The Labute approximate surface area is 168 Å². The van der Waals surface area contributed by atoms with Crippen LogP contribution in [0.15, 0.2) is 42.5 Å². The molecule has 0 bridgehead atoms. The number of hydrogen-bond acceptors (Lipinski definition) is 4. The third kappa shape index (κ3) is 5.65. The van der Waals surface area contributed by atoms with E-state index in [-0.39, 0.29) is 6.04 Å². The van der Waals surface area contributed by atoms with Gasteiger partial charge in [-0.3, -0.25) is 4.79 Å². The summed E-state index contributed by atoms with van der Waals surface area (Å²) in [5.74, 6) is 2.78. The van der Waals surface area contributed by atoms with Crippen molar-refractivity contribution in [2.75, 3.05) is 20.8 Å². The molecule has 5 heteroatoms. The Kier molecular flexibility index (Phi) is 8.66. The fourth-order valence-electron chi connectivity index (χ4n) is 3.27. The number of ether oxygens (including phenoxy) is 3. The molecule has 0 fully saturated rings. The van der Waals surface area contributed by atoms with Gasteiger partial charge in [-0.2, -0.15) is 0 Å². The van der Waals surface area contributed by atoms with Crippen molar-refractivity contribution in [1.82, 2.24) is 5.32 Å². The molecule has 28 heavy (non-hydrogen) atoms. The summed E-state index contributed by atoms with van der Waals surface area (Å²) in [7, 11) is 3.21. The van der Waals surface area contributed by atoms with Crippen LogP contribution in [0.1, 0.15) is 50.3 Å². The molecule has 0 aliphatic carbocycles. The van der Waals surface area contributed by atoms with Gasteiger partial charge in [-0.05, 0) is 42.2 Å². The van der Waals surface area contributed by atoms with Crippen molar-refractivity contribution in [3.8, 4) is 17.2 Å². The van der Waals surface area contributed by atoms with Crippen LogP contribution >= 0.6 is 0 Å². The molecule has 0 spiro atoms. The van der Waals surface area contributed by atoms with Gasteiger partial charge in [0.15, 0.2) is 0 Å². The molecule has 2 aromatic rings. The Balaban J connectivity index is 2.19. The standard InChI is InChI=1S/C23H31NO4/c1-5-7-17(6-2)15-28-19-10-8-18(9-11-19)23(24-16-25)21-13-12-20(26-3)14-22(21)27-4/h8-14,16-17,23H,5-7,15H2,1-4H3,(H,24,25)/t17-,23?/m1/s1. The van der Waals surface area contributed by atoms with Crippen LogP contribution in [0.5, 0.6) is 17.2 Å². The van der Waals surface area contributed by atoms with Gasteiger partial charge >= 0.3 is 0 Å². The van der Waals surface area contributed by atoms with Crippen molar-refractivity contribution in [1.29, 1.82) is 0 Å². The third-order valence-electron chi connectivity index (χ3n) is 4.96. The summed E-state index contributed by atoms with van der Waals surface area (Å²) in [6.45, 7) is 5.13. The number of methoxy groups -OCH3 is 2. The van der Waals surface area contributed by atoms with Crippen LogP contribution in [0.4, 0.5) is 0 Å². The number of nitrogens with one attached hydrogen (secondary N) is 1. The molecule has 0 saturated heterocycles. The van der Waals surface area contributed by atoms with Gasteiger partial charge in [-0.15, -0.1) is 0 Å². The second-order valence-electron chi connectivity index (χ2n) is 6.77. The lowest BCUT2D eigenvalue weighted by Gasteiger charge is -2.21. The number of amides is 1. The van der Waals surface area contributed by atoms with Gasteiger partial charge in [-0.25, -0.2) is 0 Å². The second kappa shape index (κ2) is 11.2. The zero-order chi connectivity index (χ0) is 20.4. The summed E-state index contributed by atoms with van der Waals surface area (Å²) in [6.07, 6.45) is 4.17. The van der Waals surface area contributed by atoms with Crippen LogP contribution in [-0.2, 0) is 4.79 Å². The molecule has 2 atom stereocenters. The molecule has 2 aromatic carbocycles. The number of rotatable bonds is 12. The molecule has 1 amide bonds. The molecular formula is C23H31NO4. The normalized spacial score (nSPS) is 12.7. The maximum Gasteiger partial charge on any atom is 0.207 e. The smallest absolute Gasteiger partial charge is 0.207 e. The molecule has 0 heterocycles. The Hall–Kier alpha value is -2.69. The topological polar surface area (TPSA) is 56.8 Å². The van der Waals surface area contributed by atoms with Crippen molar-refractivity contribution in [2.24, 2.45) is 5.92 Å². The van der Waals surface area contributed by atoms with Gasteiger partial charge in [0, 0.05) is 11.6 Å². The maximum absolute atomic E-state index is 11.2. The van der Waals surface area contributed by atoms with E-state index in [1.807, 2.05) is 42.5 Å². The molecule has 0 aromatic heterocycles. The number of carbonyl (C=O) groups is 1. The Bertz CT molecular complexity index is 730. The van der Waals surface area contributed by atoms with E-state index in [2.05, 4.69) is 19.2 Å². The fraction of sp³-hybridized carbons (Fsp3) is 0.435. The first-order chi connectivity index (χ1) is 13.7. The quantitative estimate of drug-likeness (QED) is 0.536. The predicted molar refractivity (Wildman–Crippen MR) is 111 cm³/mol. The number of benzene rings is 2. The first-order valence-corrected chi connectivity index (χ1v) is 9.81. The lowest BCUT2D eigenvalue weighted by molar-refractivity contribution is -0.110. The predicted octanol–water partition coefficient (Wildman–Crippen LogP) is 4.74. The van der Waals surface area contributed by atoms with Crippen LogP contribution < -0.4 is 19.5 Å². The van der Waals surface area contributed by atoms with Crippen LogP contribution in [0, 0.1) is 5.92 Å². The molecule has 0 aliphatic rings. The Morgan fingerprint density at radius 2 is 1.71 bits per heavy atom. The van der Waals surface area contributed by atoms with Gasteiger partial charge in [-0.1, -0.05) is 38.8 Å². The molecule has 1 N–H and O–H groups in total. The third-order valence-corrected chi connectivity index (χ3v) is 4.96. The lowest BCUT2D eigenvalue weighted by Crippen LogP contribution is -2.21. The summed E-state index contributed by atoms with van der Waals surface area (Å²) >= 11 is 0. The van der Waals surface area contributed by atoms with Crippen LogP contribution in [0.25, 0.3) is 0 Å². The molecule has 1 unspecified atom stereocenters. The van der Waals surface area contributed by atoms with Gasteiger partial charge in [0.05, 0.1) is 26.9 Å². The zero-order valence-electron chi connectivity index (χ0n) is 17.2. The SMILES string of the molecule is CCC[C@@H](CC)COc1ccc(C(NC=O)c2ccc(OC)cc2OC)cc1. The Morgan fingerprint density at radius 1 is 1.00 bits per heavy atom. The number of carbonyl (C=O) groups excluding carboxylic acids is 1. The van der Waals surface area contributed by atoms with Gasteiger partial charge < -0.3 is 19.5 Å². The van der Waals surface area contributed by atoms with E-state index in [9.17, 15) is 4.79 Å². The van der Waals surface area contributed by atoms with Crippen molar-refractivity contribution in [3.05, 3.63) is 53.6 Å². The minimum atomic E-state index is -0.323. The maximum atomic E-state index is 11.2. The van der Waals surface area contributed by atoms with Crippen LogP contribution in [0.2, 0.25) is 0 Å². The van der Waals surface area contributed by atoms with E-state index in [1.54, 1.807) is 14.2 Å². The summed E-state index contributed by atoms with van der Waals surface area (Å²) in [6, 6.07) is 13.1. The van der Waals surface area contributed by atoms with Gasteiger partial charge in [0.1, 0.15) is 17.2 Å². The second-order valence-corrected chi connectivity index (χ2v) is 6.77. The zero-order valence-corrected chi connectivity index (χ0v) is 17.2. The highest BCUT2D eigenvalue weighted by atomic mass is 16.5. The van der Waals surface area contributed by atoms with E-state index >= 15 is 0 Å². The average molecular weight is 386 g/mol. The van der Waals surface area contributed by atoms with Crippen molar-refractivity contribution < 1.29 is 19.0 Å². The highest BCUT2D eigenvalue weighted by Gasteiger charge is 2.18. The summed E-state index contributed by atoms with van der Waals surface area (Å²) < 4.78 is 16.7. The molecule has 0 saturated carbocycles. The largest absolute Gasteiger partial charge is 0.497 e. The van der Waals surface area contributed by atoms with E-state index in [0.29, 0.717) is 23.8 Å². The molecule has 2 rings (SSSR count). The first-order valence-electron chi connectivity index (χ1n) is 9.81. The monoisotopic (exact) mass is 385 g/mol. The molecule has 0 aliphatic heterocycles. The first kappa shape index (κ1) is 21.6. The lowest BCUT2D eigenvalue weighted by atomic mass is 9.97.